The van der Waals surface area contributed by atoms with Crippen molar-refractivity contribution >= 4 is 58.2 Å². The maximum atomic E-state index is 13.1. The molecule has 4 rings (SSSR count). The standard InChI is InChI=1S/C22H14ClN3O6S/c1-31-19-10-14(26(29)30)6-8-16(19)18-9-7-15(32-18)11-17-20(27)24-22(33)25(21(17)28)13-4-2-12(23)3-5-13/h2-11H,1H3,(H,24,27,33). The second-order valence-corrected chi connectivity index (χ2v) is 7.60. The van der Waals surface area contributed by atoms with Crippen LogP contribution in [0.25, 0.3) is 17.4 Å². The summed E-state index contributed by atoms with van der Waals surface area (Å²) >= 11 is 11.1. The summed E-state index contributed by atoms with van der Waals surface area (Å²) in [4.78, 5) is 37.2. The minimum absolute atomic E-state index is 0.0553. The molecule has 1 N–H and O–H groups in total. The maximum Gasteiger partial charge on any atom is 0.273 e. The molecular formula is C22H14ClN3O6S. The highest BCUT2D eigenvalue weighted by Crippen LogP contribution is 2.35. The highest BCUT2D eigenvalue weighted by Gasteiger charge is 2.34. The van der Waals surface area contributed by atoms with E-state index in [1.165, 1.54) is 36.3 Å². The fourth-order valence-corrected chi connectivity index (χ4v) is 3.60. The van der Waals surface area contributed by atoms with E-state index < -0.39 is 16.7 Å². The Hall–Kier alpha value is -4.02. The molecule has 1 fully saturated rings. The second-order valence-electron chi connectivity index (χ2n) is 6.78. The summed E-state index contributed by atoms with van der Waals surface area (Å²) in [5, 5.41) is 13.9. The van der Waals surface area contributed by atoms with Gasteiger partial charge in [-0.05, 0) is 60.8 Å². The first kappa shape index (κ1) is 22.2. The Bertz CT molecular complexity index is 1330. The summed E-state index contributed by atoms with van der Waals surface area (Å²) in [6.45, 7) is 0. The Kier molecular flexibility index (Phi) is 5.95. The fourth-order valence-electron chi connectivity index (χ4n) is 3.20. The highest BCUT2D eigenvalue weighted by molar-refractivity contribution is 7.80. The summed E-state index contributed by atoms with van der Waals surface area (Å²) in [5.41, 5.74) is 0.592. The number of methoxy groups -OCH3 is 1. The van der Waals surface area contributed by atoms with Gasteiger partial charge in [0.1, 0.15) is 22.8 Å². The molecule has 166 valence electrons. The molecular weight excluding hydrogens is 470 g/mol. The van der Waals surface area contributed by atoms with E-state index in [1.54, 1.807) is 36.4 Å². The number of non-ortho nitro benzene ring substituents is 1. The number of carbonyl (C=O) groups is 2. The van der Waals surface area contributed by atoms with E-state index in [1.807, 2.05) is 0 Å². The summed E-state index contributed by atoms with van der Waals surface area (Å²) in [6.07, 6.45) is 1.30. The number of ether oxygens (including phenoxy) is 1. The van der Waals surface area contributed by atoms with Crippen LogP contribution in [0.15, 0.2) is 64.6 Å². The number of thiocarbonyl (C=S) groups is 1. The van der Waals surface area contributed by atoms with Crippen molar-refractivity contribution in [2.75, 3.05) is 12.0 Å². The van der Waals surface area contributed by atoms with Crippen LogP contribution in [0.2, 0.25) is 5.02 Å². The van der Waals surface area contributed by atoms with Crippen molar-refractivity contribution in [1.82, 2.24) is 5.32 Å². The lowest BCUT2D eigenvalue weighted by atomic mass is 10.1. The number of hydrogen-bond acceptors (Lipinski definition) is 7. The summed E-state index contributed by atoms with van der Waals surface area (Å²) in [7, 11) is 1.38. The van der Waals surface area contributed by atoms with Gasteiger partial charge in [-0.1, -0.05) is 11.6 Å². The average molecular weight is 484 g/mol. The molecule has 33 heavy (non-hydrogen) atoms. The number of anilines is 1. The van der Waals surface area contributed by atoms with Crippen LogP contribution in [0, 0.1) is 10.1 Å². The van der Waals surface area contributed by atoms with Gasteiger partial charge in [-0.2, -0.15) is 0 Å². The van der Waals surface area contributed by atoms with Crippen molar-refractivity contribution in [2.24, 2.45) is 0 Å². The summed E-state index contributed by atoms with van der Waals surface area (Å²) in [5.74, 6) is -0.503. The van der Waals surface area contributed by atoms with Gasteiger partial charge in [0, 0.05) is 11.1 Å². The minimum Gasteiger partial charge on any atom is -0.496 e. The lowest BCUT2D eigenvalue weighted by Crippen LogP contribution is -2.54. The smallest absolute Gasteiger partial charge is 0.273 e. The zero-order chi connectivity index (χ0) is 23.7. The molecule has 1 aliphatic rings. The number of benzene rings is 2. The van der Waals surface area contributed by atoms with Gasteiger partial charge < -0.3 is 9.15 Å². The molecule has 0 aliphatic carbocycles. The number of carbonyl (C=O) groups excluding carboxylic acids is 2. The van der Waals surface area contributed by atoms with Crippen molar-refractivity contribution in [2.45, 2.75) is 0 Å². The number of nitro benzene ring substituents is 1. The van der Waals surface area contributed by atoms with Gasteiger partial charge >= 0.3 is 0 Å². The summed E-state index contributed by atoms with van der Waals surface area (Å²) in [6, 6.07) is 13.7. The Morgan fingerprint density at radius 1 is 1.15 bits per heavy atom. The zero-order valence-electron chi connectivity index (χ0n) is 16.9. The third-order valence-electron chi connectivity index (χ3n) is 4.76. The third kappa shape index (κ3) is 4.34. The molecule has 11 heteroatoms. The Labute approximate surface area is 197 Å². The fraction of sp³-hybridized carbons (Fsp3) is 0.0455. The highest BCUT2D eigenvalue weighted by atomic mass is 35.5. The molecule has 1 saturated heterocycles. The van der Waals surface area contributed by atoms with Crippen LogP contribution in [-0.4, -0.2) is 29.0 Å². The monoisotopic (exact) mass is 483 g/mol. The van der Waals surface area contributed by atoms with E-state index in [4.69, 9.17) is 33.0 Å². The van der Waals surface area contributed by atoms with Crippen molar-refractivity contribution in [1.29, 1.82) is 0 Å². The van der Waals surface area contributed by atoms with Gasteiger partial charge in [-0.3, -0.25) is 29.9 Å². The number of nitrogens with zero attached hydrogens (tertiary/aromatic N) is 2. The van der Waals surface area contributed by atoms with Gasteiger partial charge in [0.05, 0.1) is 29.4 Å². The molecule has 0 atom stereocenters. The first-order valence-electron chi connectivity index (χ1n) is 9.38. The molecule has 2 heterocycles. The Morgan fingerprint density at radius 2 is 1.88 bits per heavy atom. The second kappa shape index (κ2) is 8.85. The van der Waals surface area contributed by atoms with Crippen LogP contribution in [0.3, 0.4) is 0 Å². The molecule has 1 aliphatic heterocycles. The Morgan fingerprint density at radius 3 is 2.55 bits per heavy atom. The number of furan rings is 1. The largest absolute Gasteiger partial charge is 0.496 e. The molecule has 0 unspecified atom stereocenters. The SMILES string of the molecule is COc1cc([N+](=O)[O-])ccc1-c1ccc(C=C2C(=O)NC(=S)N(c3ccc(Cl)cc3)C2=O)o1. The van der Waals surface area contributed by atoms with E-state index >= 15 is 0 Å². The van der Waals surface area contributed by atoms with Crippen molar-refractivity contribution in [3.05, 3.63) is 81.1 Å². The first-order valence-corrected chi connectivity index (χ1v) is 10.2. The van der Waals surface area contributed by atoms with Crippen LogP contribution in [-0.2, 0) is 9.59 Å². The Balaban J connectivity index is 1.67. The predicted octanol–water partition coefficient (Wildman–Crippen LogP) is 4.35. The van der Waals surface area contributed by atoms with Gasteiger partial charge in [-0.25, -0.2) is 0 Å². The normalized spacial score (nSPS) is 15.0. The van der Waals surface area contributed by atoms with Gasteiger partial charge in [-0.15, -0.1) is 0 Å². The van der Waals surface area contributed by atoms with E-state index in [0.717, 1.165) is 0 Å². The molecule has 0 radical (unpaired) electrons. The first-order chi connectivity index (χ1) is 15.8. The average Bonchev–Trinajstić information content (AvgIpc) is 3.25. The zero-order valence-corrected chi connectivity index (χ0v) is 18.5. The number of hydrogen-bond donors (Lipinski definition) is 1. The molecule has 2 aromatic carbocycles. The van der Waals surface area contributed by atoms with Crippen molar-refractivity contribution < 1.29 is 23.7 Å². The van der Waals surface area contributed by atoms with Gasteiger partial charge in [0.2, 0.25) is 0 Å². The number of nitro groups is 1. The van der Waals surface area contributed by atoms with Crippen LogP contribution in [0.4, 0.5) is 11.4 Å². The van der Waals surface area contributed by atoms with E-state index in [0.29, 0.717) is 22.0 Å². The van der Waals surface area contributed by atoms with Crippen LogP contribution in [0.1, 0.15) is 5.76 Å². The maximum absolute atomic E-state index is 13.1. The number of rotatable bonds is 5. The predicted molar refractivity (Wildman–Crippen MR) is 125 cm³/mol. The quantitative estimate of drug-likeness (QED) is 0.188. The number of amides is 2. The molecule has 9 nitrogen and oxygen atoms in total. The van der Waals surface area contributed by atoms with E-state index in [2.05, 4.69) is 5.32 Å². The van der Waals surface area contributed by atoms with Crippen LogP contribution >= 0.6 is 23.8 Å². The molecule has 0 bridgehead atoms. The van der Waals surface area contributed by atoms with Crippen molar-refractivity contribution in [3.8, 4) is 17.1 Å². The number of halogens is 1. The molecule has 0 spiro atoms. The number of nitrogens with one attached hydrogen (secondary N) is 1. The molecule has 1 aromatic heterocycles. The third-order valence-corrected chi connectivity index (χ3v) is 5.30. The van der Waals surface area contributed by atoms with Gasteiger partial charge in [0.25, 0.3) is 17.5 Å². The van der Waals surface area contributed by atoms with Gasteiger partial charge in [0.15, 0.2) is 5.11 Å². The van der Waals surface area contributed by atoms with Crippen LogP contribution < -0.4 is 15.0 Å². The minimum atomic E-state index is -0.666. The van der Waals surface area contributed by atoms with Crippen molar-refractivity contribution in [3.63, 3.8) is 0 Å². The summed E-state index contributed by atoms with van der Waals surface area (Å²) < 4.78 is 11.0. The molecule has 0 saturated carbocycles. The lowest BCUT2D eigenvalue weighted by Gasteiger charge is -2.28. The lowest BCUT2D eigenvalue weighted by molar-refractivity contribution is -0.384. The molecule has 3 aromatic rings. The molecule has 2 amide bonds. The van der Waals surface area contributed by atoms with Crippen LogP contribution in [0.5, 0.6) is 5.75 Å². The van der Waals surface area contributed by atoms with E-state index in [9.17, 15) is 19.7 Å². The topological polar surface area (TPSA) is 115 Å². The van der Waals surface area contributed by atoms with E-state index in [-0.39, 0.29) is 27.9 Å².